The van der Waals surface area contributed by atoms with Crippen LogP contribution in [0.15, 0.2) is 4.99 Å². The summed E-state index contributed by atoms with van der Waals surface area (Å²) in [4.78, 5) is 16.1. The Hall–Kier alpha value is -1.10. The predicted octanol–water partition coefficient (Wildman–Crippen LogP) is 0.432. The molecule has 1 heterocycles. The maximum Gasteiger partial charge on any atom is 0.232 e. The Kier molecular flexibility index (Phi) is 3.91. The molecule has 3 N–H and O–H groups in total. The van der Waals surface area contributed by atoms with Gasteiger partial charge in [0.2, 0.25) is 5.91 Å². The van der Waals surface area contributed by atoms with Crippen molar-refractivity contribution in [2.45, 2.75) is 46.8 Å². The Labute approximate surface area is 97.1 Å². The van der Waals surface area contributed by atoms with Crippen molar-refractivity contribution < 1.29 is 4.79 Å². The fourth-order valence-electron chi connectivity index (χ4n) is 1.27. The Morgan fingerprint density at radius 1 is 1.44 bits per heavy atom. The minimum atomic E-state index is -0.406. The summed E-state index contributed by atoms with van der Waals surface area (Å²) in [7, 11) is 0. The number of nitrogens with zero attached hydrogens (tertiary/aromatic N) is 1. The molecule has 5 heteroatoms. The predicted molar refractivity (Wildman–Crippen MR) is 65.1 cm³/mol. The number of hydrogen-bond acceptors (Lipinski definition) is 4. The lowest BCUT2D eigenvalue weighted by Crippen LogP contribution is -2.48. The van der Waals surface area contributed by atoms with E-state index in [0.717, 1.165) is 6.54 Å². The summed E-state index contributed by atoms with van der Waals surface area (Å²) in [6.07, 6.45) is 0.0210. The van der Waals surface area contributed by atoms with E-state index in [1.807, 2.05) is 34.6 Å². The van der Waals surface area contributed by atoms with Gasteiger partial charge in [-0.25, -0.2) is 4.99 Å². The third kappa shape index (κ3) is 3.81. The number of guanidine groups is 1. The van der Waals surface area contributed by atoms with Crippen molar-refractivity contribution in [1.29, 1.82) is 0 Å². The van der Waals surface area contributed by atoms with E-state index in [4.69, 9.17) is 0 Å². The van der Waals surface area contributed by atoms with E-state index in [9.17, 15) is 4.79 Å². The van der Waals surface area contributed by atoms with E-state index in [1.165, 1.54) is 0 Å². The van der Waals surface area contributed by atoms with Gasteiger partial charge in [-0.3, -0.25) is 15.4 Å². The molecule has 0 fully saturated rings. The van der Waals surface area contributed by atoms with E-state index in [0.29, 0.717) is 5.96 Å². The van der Waals surface area contributed by atoms with Gasteiger partial charge >= 0.3 is 0 Å². The largest absolute Gasteiger partial charge is 0.352 e. The van der Waals surface area contributed by atoms with Crippen molar-refractivity contribution in [3.05, 3.63) is 0 Å². The van der Waals surface area contributed by atoms with Crippen molar-refractivity contribution in [2.24, 2.45) is 10.4 Å². The Morgan fingerprint density at radius 2 is 2.06 bits per heavy atom. The van der Waals surface area contributed by atoms with Gasteiger partial charge in [-0.1, -0.05) is 20.8 Å². The smallest absolute Gasteiger partial charge is 0.232 e. The number of rotatable bonds is 0. The second kappa shape index (κ2) is 4.82. The van der Waals surface area contributed by atoms with Gasteiger partial charge in [0, 0.05) is 18.0 Å². The highest BCUT2D eigenvalue weighted by Crippen LogP contribution is 2.12. The first-order valence-corrected chi connectivity index (χ1v) is 5.68. The lowest BCUT2D eigenvalue weighted by molar-refractivity contribution is -0.127. The normalized spacial score (nSPS) is 26.4. The third-order valence-electron chi connectivity index (χ3n) is 2.34. The van der Waals surface area contributed by atoms with Gasteiger partial charge < -0.3 is 5.32 Å². The molecule has 0 aliphatic carbocycles. The average molecular weight is 226 g/mol. The highest BCUT2D eigenvalue weighted by Gasteiger charge is 2.23. The molecular formula is C11H22N4O. The Bertz CT molecular complexity index is 293. The van der Waals surface area contributed by atoms with Crippen LogP contribution in [0, 0.1) is 5.41 Å². The highest BCUT2D eigenvalue weighted by atomic mass is 16.2. The zero-order valence-corrected chi connectivity index (χ0v) is 10.7. The fraction of sp³-hybridized carbons (Fsp3) is 0.818. The molecule has 0 aromatic heterocycles. The summed E-state index contributed by atoms with van der Waals surface area (Å²) in [5.41, 5.74) is -0.406. The lowest BCUT2D eigenvalue weighted by atomic mass is 9.96. The quantitative estimate of drug-likeness (QED) is 0.561. The molecule has 0 saturated heterocycles. The van der Waals surface area contributed by atoms with Gasteiger partial charge in [0.25, 0.3) is 0 Å². The van der Waals surface area contributed by atoms with Crippen molar-refractivity contribution in [2.75, 3.05) is 6.54 Å². The molecule has 92 valence electrons. The number of hydrogen-bond donors (Lipinski definition) is 3. The first-order valence-electron chi connectivity index (χ1n) is 5.68. The standard InChI is InChI=1S/C11H22N4O/c1-7-6-12-8(2)14-10(13-7)15-9(16)11(3,4)5/h7-8,12H,6H2,1-5H3,(H2,13,14,15,16). The Morgan fingerprint density at radius 3 is 2.62 bits per heavy atom. The van der Waals surface area contributed by atoms with Crippen molar-refractivity contribution in [1.82, 2.24) is 16.0 Å². The van der Waals surface area contributed by atoms with E-state index in [1.54, 1.807) is 0 Å². The summed E-state index contributed by atoms with van der Waals surface area (Å²) in [5.74, 6) is 0.532. The van der Waals surface area contributed by atoms with Crippen LogP contribution in [0.2, 0.25) is 0 Å². The van der Waals surface area contributed by atoms with E-state index in [2.05, 4.69) is 20.9 Å². The molecule has 0 aromatic rings. The topological polar surface area (TPSA) is 65.5 Å². The van der Waals surface area contributed by atoms with Crippen LogP contribution >= 0.6 is 0 Å². The van der Waals surface area contributed by atoms with Crippen LogP contribution in [-0.4, -0.2) is 30.6 Å². The van der Waals surface area contributed by atoms with Crippen molar-refractivity contribution in [3.63, 3.8) is 0 Å². The first kappa shape index (κ1) is 13.0. The maximum absolute atomic E-state index is 11.8. The molecule has 16 heavy (non-hydrogen) atoms. The number of amides is 1. The molecule has 1 aliphatic heterocycles. The zero-order valence-electron chi connectivity index (χ0n) is 10.7. The van der Waals surface area contributed by atoms with Crippen molar-refractivity contribution in [3.8, 4) is 0 Å². The minimum Gasteiger partial charge on any atom is -0.352 e. The number of carbonyl (C=O) groups is 1. The molecule has 1 rings (SSSR count). The molecule has 2 unspecified atom stereocenters. The van der Waals surface area contributed by atoms with E-state index in [-0.39, 0.29) is 18.1 Å². The molecule has 0 saturated carbocycles. The molecule has 5 nitrogen and oxygen atoms in total. The van der Waals surface area contributed by atoms with Crippen LogP contribution < -0.4 is 16.0 Å². The van der Waals surface area contributed by atoms with Crippen LogP contribution in [0.5, 0.6) is 0 Å². The van der Waals surface area contributed by atoms with Gasteiger partial charge in [0.1, 0.15) is 6.17 Å². The molecule has 0 radical (unpaired) electrons. The van der Waals surface area contributed by atoms with E-state index < -0.39 is 5.41 Å². The van der Waals surface area contributed by atoms with Gasteiger partial charge in [-0.05, 0) is 13.8 Å². The van der Waals surface area contributed by atoms with Crippen LogP contribution in [0.25, 0.3) is 0 Å². The summed E-state index contributed by atoms with van der Waals surface area (Å²) in [6.45, 7) is 10.5. The molecular weight excluding hydrogens is 204 g/mol. The average Bonchev–Trinajstić information content (AvgIpc) is 2.26. The minimum absolute atomic E-state index is 0.0210. The van der Waals surface area contributed by atoms with Crippen LogP contribution in [0.3, 0.4) is 0 Å². The third-order valence-corrected chi connectivity index (χ3v) is 2.34. The second-order valence-electron chi connectivity index (χ2n) is 5.31. The van der Waals surface area contributed by atoms with Gasteiger partial charge in [-0.2, -0.15) is 0 Å². The van der Waals surface area contributed by atoms with Crippen LogP contribution in [-0.2, 0) is 4.79 Å². The van der Waals surface area contributed by atoms with Crippen LogP contribution in [0.1, 0.15) is 34.6 Å². The summed E-state index contributed by atoms with van der Waals surface area (Å²) in [5, 5.41) is 9.22. The van der Waals surface area contributed by atoms with Gasteiger partial charge in [0.15, 0.2) is 5.96 Å². The summed E-state index contributed by atoms with van der Waals surface area (Å²) in [6, 6.07) is 0.254. The second-order valence-corrected chi connectivity index (χ2v) is 5.31. The molecule has 2 atom stereocenters. The highest BCUT2D eigenvalue weighted by molar-refractivity contribution is 5.99. The fourth-order valence-corrected chi connectivity index (χ4v) is 1.27. The van der Waals surface area contributed by atoms with Crippen LogP contribution in [0.4, 0.5) is 0 Å². The lowest BCUT2D eigenvalue weighted by Gasteiger charge is -2.20. The summed E-state index contributed by atoms with van der Waals surface area (Å²) >= 11 is 0. The molecule has 0 bridgehead atoms. The number of aliphatic imine (C=N–C) groups is 1. The molecule has 1 amide bonds. The molecule has 1 aliphatic rings. The number of nitrogens with one attached hydrogen (secondary N) is 3. The summed E-state index contributed by atoms with van der Waals surface area (Å²) < 4.78 is 0. The monoisotopic (exact) mass is 226 g/mol. The number of carbonyl (C=O) groups excluding carboxylic acids is 1. The molecule has 0 spiro atoms. The maximum atomic E-state index is 11.8. The van der Waals surface area contributed by atoms with Gasteiger partial charge in [0.05, 0.1) is 0 Å². The Balaban J connectivity index is 2.68. The molecule has 0 aromatic carbocycles. The van der Waals surface area contributed by atoms with E-state index >= 15 is 0 Å². The first-order chi connectivity index (χ1) is 7.29. The SMILES string of the molecule is CC1CNC(C)N=C(NC(=O)C(C)(C)C)N1. The van der Waals surface area contributed by atoms with Crippen molar-refractivity contribution >= 4 is 11.9 Å². The zero-order chi connectivity index (χ0) is 12.3. The van der Waals surface area contributed by atoms with Gasteiger partial charge in [-0.15, -0.1) is 0 Å².